The molecule has 0 aliphatic heterocycles. The summed E-state index contributed by atoms with van der Waals surface area (Å²) < 4.78 is 0.738. The zero-order valence-electron chi connectivity index (χ0n) is 10.8. The number of H-pyrrole nitrogens is 1. The fourth-order valence-corrected chi connectivity index (χ4v) is 3.42. The van der Waals surface area contributed by atoms with E-state index in [4.69, 9.17) is 11.6 Å². The minimum Gasteiger partial charge on any atom is -0.335 e. The lowest BCUT2D eigenvalue weighted by molar-refractivity contribution is 0.235. The molecule has 2 amide bonds. The highest BCUT2D eigenvalue weighted by atomic mass is 35.5. The number of aromatic amines is 1. The van der Waals surface area contributed by atoms with E-state index in [0.717, 1.165) is 28.5 Å². The average molecular weight is 311 g/mol. The van der Waals surface area contributed by atoms with E-state index < -0.39 is 0 Å². The van der Waals surface area contributed by atoms with Gasteiger partial charge in [0.2, 0.25) is 0 Å². The lowest BCUT2D eigenvalue weighted by atomic mass is 9.94. The van der Waals surface area contributed by atoms with E-state index in [1.165, 1.54) is 22.6 Å². The second kappa shape index (κ2) is 5.85. The van der Waals surface area contributed by atoms with E-state index in [1.807, 2.05) is 18.3 Å². The molecule has 106 valence electrons. The zero-order chi connectivity index (χ0) is 13.9. The van der Waals surface area contributed by atoms with Gasteiger partial charge >= 0.3 is 6.03 Å². The van der Waals surface area contributed by atoms with Crippen LogP contribution in [0.1, 0.15) is 22.6 Å². The summed E-state index contributed by atoms with van der Waals surface area (Å²) in [6, 6.07) is 3.80. The van der Waals surface area contributed by atoms with Crippen molar-refractivity contribution >= 4 is 29.0 Å². The van der Waals surface area contributed by atoms with E-state index in [0.29, 0.717) is 6.54 Å². The van der Waals surface area contributed by atoms with Crippen molar-refractivity contribution in [2.24, 2.45) is 0 Å². The van der Waals surface area contributed by atoms with Crippen LogP contribution >= 0.6 is 22.9 Å². The van der Waals surface area contributed by atoms with E-state index in [9.17, 15) is 4.79 Å². The first-order valence-corrected chi connectivity index (χ1v) is 7.70. The number of nitrogens with one attached hydrogen (secondary N) is 3. The Morgan fingerprint density at radius 2 is 2.45 bits per heavy atom. The molecule has 0 saturated heterocycles. The first-order valence-electron chi connectivity index (χ1n) is 6.50. The second-order valence-corrected chi connectivity index (χ2v) is 6.65. The van der Waals surface area contributed by atoms with Gasteiger partial charge in [-0.05, 0) is 37.0 Å². The maximum absolute atomic E-state index is 11.9. The Labute approximate surface area is 125 Å². The summed E-state index contributed by atoms with van der Waals surface area (Å²) in [5.41, 5.74) is 2.39. The van der Waals surface area contributed by atoms with E-state index in [1.54, 1.807) is 0 Å². The van der Waals surface area contributed by atoms with Crippen LogP contribution in [0.4, 0.5) is 4.79 Å². The number of carbonyl (C=O) groups is 1. The fraction of sp³-hybridized carbons (Fsp3) is 0.385. The first-order chi connectivity index (χ1) is 9.70. The molecule has 0 spiro atoms. The van der Waals surface area contributed by atoms with Crippen LogP contribution in [0.15, 0.2) is 18.3 Å². The van der Waals surface area contributed by atoms with Gasteiger partial charge in [0.05, 0.1) is 17.1 Å². The molecule has 2 aromatic heterocycles. The molecule has 2 aromatic rings. The molecule has 1 atom stereocenters. The summed E-state index contributed by atoms with van der Waals surface area (Å²) in [5, 5.41) is 12.9. The number of thiophene rings is 1. The predicted molar refractivity (Wildman–Crippen MR) is 79.1 cm³/mol. The van der Waals surface area contributed by atoms with Crippen molar-refractivity contribution in [3.63, 3.8) is 0 Å². The van der Waals surface area contributed by atoms with Gasteiger partial charge < -0.3 is 10.6 Å². The summed E-state index contributed by atoms with van der Waals surface area (Å²) in [6.45, 7) is 0.507. The number of nitrogens with zero attached hydrogens (tertiary/aromatic N) is 1. The minimum atomic E-state index is -0.133. The van der Waals surface area contributed by atoms with Crippen LogP contribution in [0.2, 0.25) is 4.34 Å². The topological polar surface area (TPSA) is 69.8 Å². The van der Waals surface area contributed by atoms with Gasteiger partial charge in [0.25, 0.3) is 0 Å². The molecule has 0 saturated carbocycles. The number of carbonyl (C=O) groups excluding carboxylic acids is 1. The third-order valence-corrected chi connectivity index (χ3v) is 4.64. The van der Waals surface area contributed by atoms with Gasteiger partial charge in [0, 0.05) is 16.6 Å². The summed E-state index contributed by atoms with van der Waals surface area (Å²) >= 11 is 7.33. The largest absolute Gasteiger partial charge is 0.335 e. The molecule has 0 radical (unpaired) electrons. The molecule has 5 nitrogen and oxygen atoms in total. The number of aromatic nitrogens is 2. The van der Waals surface area contributed by atoms with Crippen molar-refractivity contribution in [1.82, 2.24) is 20.8 Å². The van der Waals surface area contributed by atoms with Crippen LogP contribution in [0.5, 0.6) is 0 Å². The highest BCUT2D eigenvalue weighted by Crippen LogP contribution is 2.21. The van der Waals surface area contributed by atoms with Crippen molar-refractivity contribution < 1.29 is 4.79 Å². The fourth-order valence-electron chi connectivity index (χ4n) is 2.39. The number of halogens is 1. The Kier molecular flexibility index (Phi) is 3.93. The molecule has 0 unspecified atom stereocenters. The molecule has 1 aliphatic carbocycles. The quantitative estimate of drug-likeness (QED) is 0.815. The van der Waals surface area contributed by atoms with Crippen LogP contribution in [0.3, 0.4) is 0 Å². The summed E-state index contributed by atoms with van der Waals surface area (Å²) in [7, 11) is 0. The average Bonchev–Trinajstić information content (AvgIpc) is 3.04. The van der Waals surface area contributed by atoms with Gasteiger partial charge in [-0.25, -0.2) is 4.79 Å². The van der Waals surface area contributed by atoms with E-state index in [-0.39, 0.29) is 12.1 Å². The monoisotopic (exact) mass is 310 g/mol. The molecule has 3 N–H and O–H groups in total. The molecule has 2 heterocycles. The Hall–Kier alpha value is -1.53. The van der Waals surface area contributed by atoms with E-state index >= 15 is 0 Å². The van der Waals surface area contributed by atoms with Crippen molar-refractivity contribution in [1.29, 1.82) is 0 Å². The number of urea groups is 1. The van der Waals surface area contributed by atoms with Gasteiger partial charge in [-0.3, -0.25) is 5.10 Å². The number of fused-ring (bicyclic) bond motifs is 1. The molecular weight excluding hydrogens is 296 g/mol. The molecule has 0 fully saturated rings. The number of amides is 2. The standard InChI is InChI=1S/C13H15ClN4OS/c14-12-4-2-10(20-12)7-15-13(19)17-9-1-3-11-8(5-9)6-16-18-11/h2,4,6,9H,1,3,5,7H2,(H,16,18)(H2,15,17,19)/t9-/m0/s1. The Morgan fingerprint density at radius 1 is 1.55 bits per heavy atom. The minimum absolute atomic E-state index is 0.133. The molecule has 20 heavy (non-hydrogen) atoms. The molecule has 0 bridgehead atoms. The maximum Gasteiger partial charge on any atom is 0.315 e. The lowest BCUT2D eigenvalue weighted by Gasteiger charge is -2.22. The van der Waals surface area contributed by atoms with Crippen molar-refractivity contribution in [2.75, 3.05) is 0 Å². The SMILES string of the molecule is O=C(NCc1ccc(Cl)s1)N[C@H]1CCc2[nH]ncc2C1. The summed E-state index contributed by atoms with van der Waals surface area (Å²) in [6.07, 6.45) is 4.55. The maximum atomic E-state index is 11.9. The van der Waals surface area contributed by atoms with Crippen LogP contribution in [-0.2, 0) is 19.4 Å². The molecule has 0 aromatic carbocycles. The van der Waals surface area contributed by atoms with Crippen LogP contribution in [-0.4, -0.2) is 22.3 Å². The molecule has 7 heteroatoms. The Morgan fingerprint density at radius 3 is 3.25 bits per heavy atom. The predicted octanol–water partition coefficient (Wildman–Crippen LogP) is 2.48. The van der Waals surface area contributed by atoms with Gasteiger partial charge in [-0.1, -0.05) is 11.6 Å². The number of hydrogen-bond acceptors (Lipinski definition) is 3. The van der Waals surface area contributed by atoms with E-state index in [2.05, 4.69) is 20.8 Å². The van der Waals surface area contributed by atoms with Crippen LogP contribution in [0.25, 0.3) is 0 Å². The third kappa shape index (κ3) is 3.13. The number of rotatable bonds is 3. The Balaban J connectivity index is 1.47. The normalized spacial score (nSPS) is 17.6. The number of hydrogen-bond donors (Lipinski definition) is 3. The Bertz CT molecular complexity index is 609. The zero-order valence-corrected chi connectivity index (χ0v) is 12.4. The highest BCUT2D eigenvalue weighted by molar-refractivity contribution is 7.16. The summed E-state index contributed by atoms with van der Waals surface area (Å²) in [5.74, 6) is 0. The summed E-state index contributed by atoms with van der Waals surface area (Å²) in [4.78, 5) is 12.9. The van der Waals surface area contributed by atoms with Crippen LogP contribution in [0, 0.1) is 0 Å². The second-order valence-electron chi connectivity index (χ2n) is 4.85. The molecule has 3 rings (SSSR count). The smallest absolute Gasteiger partial charge is 0.315 e. The third-order valence-electron chi connectivity index (χ3n) is 3.40. The first kappa shape index (κ1) is 13.5. The van der Waals surface area contributed by atoms with Gasteiger partial charge in [-0.15, -0.1) is 11.3 Å². The molecular formula is C13H15ClN4OS. The van der Waals surface area contributed by atoms with Crippen LogP contribution < -0.4 is 10.6 Å². The van der Waals surface area contributed by atoms with Crippen molar-refractivity contribution in [3.05, 3.63) is 38.8 Å². The van der Waals surface area contributed by atoms with Gasteiger partial charge in [-0.2, -0.15) is 5.10 Å². The highest BCUT2D eigenvalue weighted by Gasteiger charge is 2.21. The van der Waals surface area contributed by atoms with Crippen molar-refractivity contribution in [3.8, 4) is 0 Å². The lowest BCUT2D eigenvalue weighted by Crippen LogP contribution is -2.44. The van der Waals surface area contributed by atoms with Gasteiger partial charge in [0.1, 0.15) is 0 Å². The number of aryl methyl sites for hydroxylation is 1. The van der Waals surface area contributed by atoms with Gasteiger partial charge in [0.15, 0.2) is 0 Å². The van der Waals surface area contributed by atoms with Crippen molar-refractivity contribution in [2.45, 2.75) is 31.8 Å². The molecule has 1 aliphatic rings.